The van der Waals surface area contributed by atoms with Gasteiger partial charge in [0.15, 0.2) is 12.7 Å². The molecule has 1 aromatic heterocycles. The first kappa shape index (κ1) is 16.0. The van der Waals surface area contributed by atoms with Gasteiger partial charge in [0.1, 0.15) is 0 Å². The highest BCUT2D eigenvalue weighted by molar-refractivity contribution is 5.48. The SMILES string of the molecule is O=[N+]([O-])c1ccc(C[n+]2ccccc2C2OCCO2)c([N+](=O)[O-])c1. The molecule has 0 atom stereocenters. The number of hydrogen-bond acceptors (Lipinski definition) is 6. The van der Waals surface area contributed by atoms with E-state index in [0.29, 0.717) is 18.8 Å². The zero-order chi connectivity index (χ0) is 17.1. The van der Waals surface area contributed by atoms with Gasteiger partial charge in [0.05, 0.1) is 34.7 Å². The summed E-state index contributed by atoms with van der Waals surface area (Å²) in [7, 11) is 0. The molecular weight excluding hydrogens is 318 g/mol. The van der Waals surface area contributed by atoms with Crippen LogP contribution in [0.4, 0.5) is 11.4 Å². The van der Waals surface area contributed by atoms with Crippen molar-refractivity contribution in [3.8, 4) is 0 Å². The van der Waals surface area contributed by atoms with Crippen molar-refractivity contribution in [1.29, 1.82) is 0 Å². The van der Waals surface area contributed by atoms with Crippen LogP contribution in [0.15, 0.2) is 42.6 Å². The number of rotatable bonds is 5. The zero-order valence-electron chi connectivity index (χ0n) is 12.5. The molecule has 1 saturated heterocycles. The van der Waals surface area contributed by atoms with Crippen LogP contribution in [0.25, 0.3) is 0 Å². The number of nitro groups is 2. The van der Waals surface area contributed by atoms with Crippen LogP contribution >= 0.6 is 0 Å². The second-order valence-electron chi connectivity index (χ2n) is 5.15. The van der Waals surface area contributed by atoms with Gasteiger partial charge in [0, 0.05) is 18.2 Å². The number of nitrogens with zero attached hydrogens (tertiary/aromatic N) is 3. The monoisotopic (exact) mass is 332 g/mol. The summed E-state index contributed by atoms with van der Waals surface area (Å²) in [4.78, 5) is 20.8. The number of nitro benzene ring substituents is 2. The highest BCUT2D eigenvalue weighted by atomic mass is 16.7. The van der Waals surface area contributed by atoms with E-state index in [2.05, 4.69) is 0 Å². The van der Waals surface area contributed by atoms with Crippen molar-refractivity contribution < 1.29 is 23.9 Å². The van der Waals surface area contributed by atoms with Gasteiger partial charge in [-0.3, -0.25) is 20.2 Å². The number of aromatic nitrogens is 1. The summed E-state index contributed by atoms with van der Waals surface area (Å²) in [5, 5.41) is 22.1. The maximum atomic E-state index is 11.3. The summed E-state index contributed by atoms with van der Waals surface area (Å²) < 4.78 is 12.7. The van der Waals surface area contributed by atoms with Gasteiger partial charge in [0.25, 0.3) is 11.4 Å². The topological polar surface area (TPSA) is 109 Å². The molecule has 0 aliphatic carbocycles. The predicted molar refractivity (Wildman–Crippen MR) is 80.1 cm³/mol. The molecule has 9 heteroatoms. The lowest BCUT2D eigenvalue weighted by molar-refractivity contribution is -0.702. The minimum Gasteiger partial charge on any atom is -0.341 e. The Morgan fingerprint density at radius 3 is 2.50 bits per heavy atom. The molecule has 1 aliphatic heterocycles. The van der Waals surface area contributed by atoms with Crippen molar-refractivity contribution in [1.82, 2.24) is 0 Å². The van der Waals surface area contributed by atoms with Gasteiger partial charge in [-0.1, -0.05) is 0 Å². The van der Waals surface area contributed by atoms with E-state index in [1.165, 1.54) is 12.1 Å². The Labute approximate surface area is 136 Å². The number of hydrogen-bond donors (Lipinski definition) is 0. The molecule has 0 bridgehead atoms. The van der Waals surface area contributed by atoms with Crippen molar-refractivity contribution >= 4 is 11.4 Å². The largest absolute Gasteiger partial charge is 0.341 e. The lowest BCUT2D eigenvalue weighted by Crippen LogP contribution is -2.40. The number of pyridine rings is 1. The van der Waals surface area contributed by atoms with E-state index in [0.717, 1.165) is 11.8 Å². The van der Waals surface area contributed by atoms with Crippen molar-refractivity contribution in [2.75, 3.05) is 13.2 Å². The van der Waals surface area contributed by atoms with Crippen molar-refractivity contribution in [2.24, 2.45) is 0 Å². The Bertz CT molecular complexity index is 789. The smallest absolute Gasteiger partial charge is 0.285 e. The highest BCUT2D eigenvalue weighted by Gasteiger charge is 2.29. The summed E-state index contributed by atoms with van der Waals surface area (Å²) >= 11 is 0. The van der Waals surface area contributed by atoms with E-state index in [1.807, 2.05) is 12.1 Å². The fourth-order valence-corrected chi connectivity index (χ4v) is 2.53. The molecule has 24 heavy (non-hydrogen) atoms. The molecule has 0 radical (unpaired) electrons. The molecule has 0 spiro atoms. The van der Waals surface area contributed by atoms with Crippen LogP contribution in [0.3, 0.4) is 0 Å². The molecule has 124 valence electrons. The zero-order valence-corrected chi connectivity index (χ0v) is 12.5. The number of ether oxygens (including phenoxy) is 2. The molecule has 9 nitrogen and oxygen atoms in total. The molecule has 1 aromatic carbocycles. The third kappa shape index (κ3) is 3.21. The van der Waals surface area contributed by atoms with Gasteiger partial charge in [-0.2, -0.15) is 4.57 Å². The number of benzene rings is 1. The standard InChI is InChI=1S/C15H14N3O6/c19-17(20)12-5-4-11(14(9-12)18(21)22)10-16-6-2-1-3-13(16)15-23-7-8-24-15/h1-6,9,15H,7-8,10H2/q+1. The van der Waals surface area contributed by atoms with Gasteiger partial charge in [-0.15, -0.1) is 0 Å². The average Bonchev–Trinajstić information content (AvgIpc) is 3.09. The fraction of sp³-hybridized carbons (Fsp3) is 0.267. The second-order valence-corrected chi connectivity index (χ2v) is 5.15. The molecule has 2 aromatic rings. The highest BCUT2D eigenvalue weighted by Crippen LogP contribution is 2.25. The third-order valence-corrected chi connectivity index (χ3v) is 3.66. The van der Waals surface area contributed by atoms with E-state index >= 15 is 0 Å². The summed E-state index contributed by atoms with van der Waals surface area (Å²) in [6.07, 6.45) is 1.23. The number of non-ortho nitro benzene ring substituents is 1. The Morgan fingerprint density at radius 2 is 1.83 bits per heavy atom. The lowest BCUT2D eigenvalue weighted by Gasteiger charge is -2.09. The second kappa shape index (κ2) is 6.69. The van der Waals surface area contributed by atoms with Crippen molar-refractivity contribution in [3.05, 3.63) is 74.1 Å². The maximum absolute atomic E-state index is 11.3. The Kier molecular flexibility index (Phi) is 4.45. The lowest BCUT2D eigenvalue weighted by atomic mass is 10.1. The van der Waals surface area contributed by atoms with Gasteiger partial charge < -0.3 is 9.47 Å². The Balaban J connectivity index is 1.97. The van der Waals surface area contributed by atoms with Crippen LogP contribution in [0.2, 0.25) is 0 Å². The van der Waals surface area contributed by atoms with Crippen molar-refractivity contribution in [3.63, 3.8) is 0 Å². The van der Waals surface area contributed by atoms with Crippen LogP contribution in [0.1, 0.15) is 17.5 Å². The molecule has 0 amide bonds. The molecule has 0 N–H and O–H groups in total. The Hall–Kier alpha value is -2.91. The first-order valence-corrected chi connectivity index (χ1v) is 7.19. The van der Waals surface area contributed by atoms with Gasteiger partial charge in [-0.25, -0.2) is 0 Å². The molecule has 0 saturated carbocycles. The van der Waals surface area contributed by atoms with Crippen LogP contribution in [-0.2, 0) is 16.0 Å². The summed E-state index contributed by atoms with van der Waals surface area (Å²) in [6, 6.07) is 9.05. The van der Waals surface area contributed by atoms with E-state index in [1.54, 1.807) is 16.8 Å². The normalized spacial score (nSPS) is 14.7. The van der Waals surface area contributed by atoms with Crippen LogP contribution in [0.5, 0.6) is 0 Å². The van der Waals surface area contributed by atoms with Crippen LogP contribution in [0, 0.1) is 20.2 Å². The van der Waals surface area contributed by atoms with Crippen molar-refractivity contribution in [2.45, 2.75) is 12.8 Å². The average molecular weight is 332 g/mol. The molecule has 1 fully saturated rings. The van der Waals surface area contributed by atoms with E-state index in [4.69, 9.17) is 9.47 Å². The summed E-state index contributed by atoms with van der Waals surface area (Å²) in [5.74, 6) is 0. The van der Waals surface area contributed by atoms with Crippen LogP contribution < -0.4 is 4.57 Å². The molecule has 2 heterocycles. The fourth-order valence-electron chi connectivity index (χ4n) is 2.53. The van der Waals surface area contributed by atoms with E-state index < -0.39 is 16.1 Å². The minimum absolute atomic E-state index is 0.174. The van der Waals surface area contributed by atoms with Crippen LogP contribution in [-0.4, -0.2) is 23.1 Å². The quantitative estimate of drug-likeness (QED) is 0.470. The predicted octanol–water partition coefficient (Wildman–Crippen LogP) is 1.88. The first-order valence-electron chi connectivity index (χ1n) is 7.19. The minimum atomic E-state index is -0.655. The van der Waals surface area contributed by atoms with Gasteiger partial charge >= 0.3 is 0 Å². The summed E-state index contributed by atoms with van der Waals surface area (Å²) in [6.45, 7) is 1.14. The van der Waals surface area contributed by atoms with Gasteiger partial charge in [-0.05, 0) is 12.1 Å². The molecule has 3 rings (SSSR count). The van der Waals surface area contributed by atoms with Gasteiger partial charge in [0.2, 0.25) is 12.0 Å². The summed E-state index contributed by atoms with van der Waals surface area (Å²) in [5.41, 5.74) is 0.481. The first-order chi connectivity index (χ1) is 11.6. The molecule has 1 aliphatic rings. The Morgan fingerprint density at radius 1 is 1.08 bits per heavy atom. The molecular formula is C15H14N3O6+. The van der Waals surface area contributed by atoms with E-state index in [-0.39, 0.29) is 17.9 Å². The third-order valence-electron chi connectivity index (χ3n) is 3.66. The maximum Gasteiger partial charge on any atom is 0.285 e. The van der Waals surface area contributed by atoms with E-state index in [9.17, 15) is 20.2 Å². The molecule has 0 unspecified atom stereocenters.